The first-order valence-corrected chi connectivity index (χ1v) is 9.65. The first-order valence-electron chi connectivity index (χ1n) is 9.65. The van der Waals surface area contributed by atoms with Crippen molar-refractivity contribution in [3.05, 3.63) is 89.2 Å². The molecular weight excluding hydrogens is 383 g/mol. The van der Waals surface area contributed by atoms with Crippen LogP contribution in [0.4, 0.5) is 10.1 Å². The van der Waals surface area contributed by atoms with Crippen LogP contribution in [0.15, 0.2) is 66.7 Å². The fourth-order valence-electron chi connectivity index (χ4n) is 2.94. The summed E-state index contributed by atoms with van der Waals surface area (Å²) in [7, 11) is 1.56. The van der Waals surface area contributed by atoms with Gasteiger partial charge in [-0.25, -0.2) is 4.39 Å². The molecule has 0 unspecified atom stereocenters. The van der Waals surface area contributed by atoms with Crippen molar-refractivity contribution in [3.8, 4) is 11.5 Å². The summed E-state index contributed by atoms with van der Waals surface area (Å²) in [6.45, 7) is 2.93. The van der Waals surface area contributed by atoms with E-state index in [0.717, 1.165) is 22.4 Å². The molecule has 2 N–H and O–H groups in total. The van der Waals surface area contributed by atoms with Crippen molar-refractivity contribution in [2.75, 3.05) is 19.0 Å². The van der Waals surface area contributed by atoms with Gasteiger partial charge in [0.15, 0.2) is 18.1 Å². The average molecular weight is 408 g/mol. The number of methoxy groups -OCH3 is 1. The molecule has 0 atom stereocenters. The molecule has 0 bridgehead atoms. The number of para-hydroxylation sites is 1. The summed E-state index contributed by atoms with van der Waals surface area (Å²) in [5.74, 6) is 0.561. The smallest absolute Gasteiger partial charge is 0.262 e. The van der Waals surface area contributed by atoms with Crippen LogP contribution in [0.5, 0.6) is 11.5 Å². The number of ether oxygens (including phenoxy) is 2. The number of aryl methyl sites for hydroxylation is 1. The molecule has 5 nitrogen and oxygen atoms in total. The van der Waals surface area contributed by atoms with Crippen LogP contribution in [-0.2, 0) is 17.9 Å². The Morgan fingerprint density at radius 2 is 1.70 bits per heavy atom. The number of anilines is 1. The number of carbonyl (C=O) groups is 1. The predicted molar refractivity (Wildman–Crippen MR) is 115 cm³/mol. The van der Waals surface area contributed by atoms with Gasteiger partial charge < -0.3 is 20.1 Å². The quantitative estimate of drug-likeness (QED) is 0.549. The zero-order chi connectivity index (χ0) is 21.3. The van der Waals surface area contributed by atoms with Crippen molar-refractivity contribution in [1.29, 1.82) is 0 Å². The number of carbonyl (C=O) groups excluding carboxylic acids is 1. The summed E-state index contributed by atoms with van der Waals surface area (Å²) < 4.78 is 24.2. The Kier molecular flexibility index (Phi) is 7.40. The predicted octanol–water partition coefficient (Wildman–Crippen LogP) is 4.45. The highest BCUT2D eigenvalue weighted by molar-refractivity contribution is 5.91. The van der Waals surface area contributed by atoms with Crippen LogP contribution in [0.2, 0.25) is 0 Å². The Bertz CT molecular complexity index is 973. The number of benzene rings is 3. The van der Waals surface area contributed by atoms with E-state index < -0.39 is 0 Å². The summed E-state index contributed by atoms with van der Waals surface area (Å²) in [6, 6.07) is 19.5. The molecule has 0 radical (unpaired) electrons. The molecule has 1 amide bonds. The van der Waals surface area contributed by atoms with Crippen LogP contribution in [0.3, 0.4) is 0 Å². The molecule has 0 saturated carbocycles. The van der Waals surface area contributed by atoms with E-state index in [-0.39, 0.29) is 18.3 Å². The lowest BCUT2D eigenvalue weighted by molar-refractivity contribution is -0.118. The fraction of sp³-hybridized carbons (Fsp3) is 0.208. The summed E-state index contributed by atoms with van der Waals surface area (Å²) in [5.41, 5.74) is 3.67. The first kappa shape index (κ1) is 21.3. The highest BCUT2D eigenvalue weighted by Gasteiger charge is 2.13. The molecule has 0 aliphatic heterocycles. The van der Waals surface area contributed by atoms with Crippen LogP contribution < -0.4 is 20.1 Å². The molecule has 30 heavy (non-hydrogen) atoms. The van der Waals surface area contributed by atoms with Gasteiger partial charge in [-0.05, 0) is 42.8 Å². The van der Waals surface area contributed by atoms with E-state index in [1.54, 1.807) is 25.3 Å². The Morgan fingerprint density at radius 1 is 0.967 bits per heavy atom. The van der Waals surface area contributed by atoms with E-state index in [9.17, 15) is 9.18 Å². The highest BCUT2D eigenvalue weighted by Crippen LogP contribution is 2.31. The number of hydrogen-bond donors (Lipinski definition) is 2. The fourth-order valence-corrected chi connectivity index (χ4v) is 2.94. The second-order valence-electron chi connectivity index (χ2n) is 6.88. The van der Waals surface area contributed by atoms with Crippen molar-refractivity contribution < 1.29 is 18.7 Å². The molecule has 0 heterocycles. The summed E-state index contributed by atoms with van der Waals surface area (Å²) in [4.78, 5) is 12.3. The maximum atomic E-state index is 13.0. The van der Waals surface area contributed by atoms with E-state index in [1.807, 2.05) is 43.3 Å². The van der Waals surface area contributed by atoms with Crippen molar-refractivity contribution in [2.24, 2.45) is 0 Å². The molecule has 6 heteroatoms. The lowest BCUT2D eigenvalue weighted by Crippen LogP contribution is -2.21. The third-order valence-electron chi connectivity index (χ3n) is 4.52. The number of hydrogen-bond acceptors (Lipinski definition) is 4. The van der Waals surface area contributed by atoms with Crippen LogP contribution >= 0.6 is 0 Å². The lowest BCUT2D eigenvalue weighted by atomic mass is 10.1. The van der Waals surface area contributed by atoms with Crippen LogP contribution in [0.1, 0.15) is 16.7 Å². The number of nitrogens with one attached hydrogen (secondary N) is 2. The topological polar surface area (TPSA) is 59.6 Å². The first-order chi connectivity index (χ1) is 14.5. The van der Waals surface area contributed by atoms with E-state index in [1.165, 1.54) is 12.1 Å². The molecule has 0 saturated heterocycles. The maximum Gasteiger partial charge on any atom is 0.262 e. The van der Waals surface area contributed by atoms with Crippen molar-refractivity contribution >= 4 is 11.6 Å². The van der Waals surface area contributed by atoms with Gasteiger partial charge in [0.05, 0.1) is 7.11 Å². The molecular formula is C24H25FN2O3. The van der Waals surface area contributed by atoms with Gasteiger partial charge in [0.2, 0.25) is 0 Å². The Balaban J connectivity index is 1.60. The third-order valence-corrected chi connectivity index (χ3v) is 4.52. The van der Waals surface area contributed by atoms with Gasteiger partial charge in [0, 0.05) is 24.3 Å². The average Bonchev–Trinajstić information content (AvgIpc) is 2.75. The highest BCUT2D eigenvalue weighted by atomic mass is 19.1. The second-order valence-corrected chi connectivity index (χ2v) is 6.88. The summed E-state index contributed by atoms with van der Waals surface area (Å²) in [5, 5.41) is 6.12. The number of halogens is 1. The minimum absolute atomic E-state index is 0.140. The SMILES string of the molecule is COc1cccc(CNCc2ccc(F)cc2)c1OCC(=O)Nc1ccc(C)cc1. The molecule has 3 aromatic rings. The van der Waals surface area contributed by atoms with Crippen LogP contribution in [-0.4, -0.2) is 19.6 Å². The molecule has 0 aliphatic carbocycles. The van der Waals surface area contributed by atoms with E-state index >= 15 is 0 Å². The van der Waals surface area contributed by atoms with Gasteiger partial charge in [-0.3, -0.25) is 4.79 Å². The Hall–Kier alpha value is -3.38. The molecule has 3 rings (SSSR count). The number of rotatable bonds is 9. The van der Waals surface area contributed by atoms with Crippen molar-refractivity contribution in [2.45, 2.75) is 20.0 Å². The lowest BCUT2D eigenvalue weighted by Gasteiger charge is -2.15. The maximum absolute atomic E-state index is 13.0. The normalized spacial score (nSPS) is 10.5. The van der Waals surface area contributed by atoms with Gasteiger partial charge in [0.1, 0.15) is 5.82 Å². The van der Waals surface area contributed by atoms with Gasteiger partial charge >= 0.3 is 0 Å². The van der Waals surface area contributed by atoms with Crippen LogP contribution in [0, 0.1) is 12.7 Å². The van der Waals surface area contributed by atoms with Crippen molar-refractivity contribution in [3.63, 3.8) is 0 Å². The largest absolute Gasteiger partial charge is 0.493 e. The minimum Gasteiger partial charge on any atom is -0.493 e. The van der Waals surface area contributed by atoms with Crippen molar-refractivity contribution in [1.82, 2.24) is 5.32 Å². The standard InChI is InChI=1S/C24H25FN2O3/c1-17-6-12-21(13-7-17)27-23(28)16-30-24-19(4-3-5-22(24)29-2)15-26-14-18-8-10-20(25)11-9-18/h3-13,26H,14-16H2,1-2H3,(H,27,28). The molecule has 0 spiro atoms. The van der Waals surface area contributed by atoms with Gasteiger partial charge in [-0.1, -0.05) is 42.0 Å². The Labute approximate surface area is 175 Å². The third kappa shape index (κ3) is 6.06. The molecule has 0 fully saturated rings. The number of amides is 1. The monoisotopic (exact) mass is 408 g/mol. The van der Waals surface area contributed by atoms with Gasteiger partial charge in [-0.2, -0.15) is 0 Å². The van der Waals surface area contributed by atoms with E-state index in [2.05, 4.69) is 10.6 Å². The summed E-state index contributed by atoms with van der Waals surface area (Å²) in [6.07, 6.45) is 0. The Morgan fingerprint density at radius 3 is 2.40 bits per heavy atom. The zero-order valence-electron chi connectivity index (χ0n) is 17.1. The minimum atomic E-state index is -0.258. The molecule has 156 valence electrons. The molecule has 0 aliphatic rings. The summed E-state index contributed by atoms with van der Waals surface area (Å²) >= 11 is 0. The van der Waals surface area contributed by atoms with Crippen LogP contribution in [0.25, 0.3) is 0 Å². The second kappa shape index (κ2) is 10.4. The molecule has 0 aromatic heterocycles. The molecule has 3 aromatic carbocycles. The van der Waals surface area contributed by atoms with Gasteiger partial charge in [-0.15, -0.1) is 0 Å². The zero-order valence-corrected chi connectivity index (χ0v) is 17.1. The van der Waals surface area contributed by atoms with E-state index in [4.69, 9.17) is 9.47 Å². The van der Waals surface area contributed by atoms with Gasteiger partial charge in [0.25, 0.3) is 5.91 Å². The van der Waals surface area contributed by atoms with E-state index in [0.29, 0.717) is 24.6 Å².